The molecule has 0 aliphatic rings. The summed E-state index contributed by atoms with van der Waals surface area (Å²) in [6.45, 7) is 10.9. The van der Waals surface area contributed by atoms with Gasteiger partial charge in [-0.3, -0.25) is 0 Å². The van der Waals surface area contributed by atoms with E-state index in [1.54, 1.807) is 27.7 Å². The number of hydrogen-bond acceptors (Lipinski definition) is 4. The minimum Gasteiger partial charge on any atom is -0.550 e. The second kappa shape index (κ2) is 12.0. The van der Waals surface area contributed by atoms with Crippen LogP contribution in [0.4, 0.5) is 0 Å². The molecule has 127 valence electrons. The van der Waals surface area contributed by atoms with Crippen LogP contribution in [-0.2, 0) is 26.4 Å². The van der Waals surface area contributed by atoms with Gasteiger partial charge >= 0.3 is 16.8 Å². The SMILES string of the molecule is CCCCC(C)(C)C(=O)[O-].CCCCC(C)(C)C(=O)[O-].[Co+2]. The summed E-state index contributed by atoms with van der Waals surface area (Å²) in [6.07, 6.45) is 5.42. The number of rotatable bonds is 8. The zero-order valence-electron chi connectivity index (χ0n) is 14.2. The van der Waals surface area contributed by atoms with Crippen molar-refractivity contribution in [2.24, 2.45) is 10.8 Å². The van der Waals surface area contributed by atoms with E-state index < -0.39 is 22.8 Å². The second-order valence-corrected chi connectivity index (χ2v) is 6.55. The largest absolute Gasteiger partial charge is 2.00 e. The third kappa shape index (κ3) is 12.9. The molecule has 5 heteroatoms. The first-order valence-electron chi connectivity index (χ1n) is 7.44. The topological polar surface area (TPSA) is 80.3 Å². The Hall–Kier alpha value is -0.554. The van der Waals surface area contributed by atoms with Crippen LogP contribution in [0.5, 0.6) is 0 Å². The van der Waals surface area contributed by atoms with Gasteiger partial charge in [0, 0.05) is 22.8 Å². The van der Waals surface area contributed by atoms with Crippen molar-refractivity contribution in [1.29, 1.82) is 0 Å². The second-order valence-electron chi connectivity index (χ2n) is 6.55. The van der Waals surface area contributed by atoms with E-state index in [4.69, 9.17) is 0 Å². The van der Waals surface area contributed by atoms with Crippen LogP contribution >= 0.6 is 0 Å². The maximum Gasteiger partial charge on any atom is 2.00 e. The number of hydrogen-bond donors (Lipinski definition) is 0. The molecule has 4 nitrogen and oxygen atoms in total. The first kappa shape index (κ1) is 25.4. The van der Waals surface area contributed by atoms with Crippen LogP contribution in [0, 0.1) is 10.8 Å². The first-order valence-corrected chi connectivity index (χ1v) is 7.44. The van der Waals surface area contributed by atoms with Crippen molar-refractivity contribution in [3.63, 3.8) is 0 Å². The van der Waals surface area contributed by atoms with Gasteiger partial charge in [-0.25, -0.2) is 0 Å². The molecule has 0 rings (SSSR count). The Bertz CT molecular complexity index is 269. The van der Waals surface area contributed by atoms with E-state index in [1.807, 2.05) is 13.8 Å². The fourth-order valence-electron chi connectivity index (χ4n) is 1.44. The normalized spacial score (nSPS) is 11.0. The Morgan fingerprint density at radius 2 is 1.00 bits per heavy atom. The van der Waals surface area contributed by atoms with E-state index in [-0.39, 0.29) is 16.8 Å². The van der Waals surface area contributed by atoms with Gasteiger partial charge < -0.3 is 19.8 Å². The summed E-state index contributed by atoms with van der Waals surface area (Å²) in [5.74, 6) is -1.89. The van der Waals surface area contributed by atoms with Gasteiger partial charge in [0.15, 0.2) is 0 Å². The van der Waals surface area contributed by atoms with Crippen LogP contribution in [0.2, 0.25) is 0 Å². The van der Waals surface area contributed by atoms with Gasteiger partial charge in [0.25, 0.3) is 0 Å². The molecule has 0 amide bonds. The minimum absolute atomic E-state index is 0. The van der Waals surface area contributed by atoms with E-state index in [0.29, 0.717) is 12.8 Å². The molecule has 0 unspecified atom stereocenters. The molecule has 0 aliphatic carbocycles. The fraction of sp³-hybridized carbons (Fsp3) is 0.875. The monoisotopic (exact) mass is 345 g/mol. The maximum atomic E-state index is 10.4. The number of unbranched alkanes of at least 4 members (excludes halogenated alkanes) is 2. The molecule has 0 aliphatic heterocycles. The van der Waals surface area contributed by atoms with Crippen molar-refractivity contribution in [3.8, 4) is 0 Å². The summed E-state index contributed by atoms with van der Waals surface area (Å²) >= 11 is 0. The van der Waals surface area contributed by atoms with Crippen molar-refractivity contribution < 1.29 is 36.6 Å². The van der Waals surface area contributed by atoms with Gasteiger partial charge in [0.1, 0.15) is 0 Å². The molecule has 0 bridgehead atoms. The zero-order valence-corrected chi connectivity index (χ0v) is 15.3. The molecule has 0 aromatic carbocycles. The number of carboxylic acids is 2. The number of carbonyl (C=O) groups is 2. The summed E-state index contributed by atoms with van der Waals surface area (Å²) in [5.41, 5.74) is -1.29. The molecular weight excluding hydrogens is 315 g/mol. The Labute approximate surface area is 139 Å². The smallest absolute Gasteiger partial charge is 0.550 e. The molecule has 0 N–H and O–H groups in total. The average molecular weight is 345 g/mol. The zero-order chi connectivity index (χ0) is 16.4. The summed E-state index contributed by atoms with van der Waals surface area (Å²) in [4.78, 5) is 20.8. The molecule has 0 aromatic heterocycles. The quantitative estimate of drug-likeness (QED) is 0.673. The van der Waals surface area contributed by atoms with E-state index in [9.17, 15) is 19.8 Å². The molecule has 0 atom stereocenters. The average Bonchev–Trinajstić information content (AvgIpc) is 2.34. The van der Waals surface area contributed by atoms with Gasteiger partial charge in [-0.15, -0.1) is 0 Å². The molecule has 0 fully saturated rings. The van der Waals surface area contributed by atoms with Crippen molar-refractivity contribution in [2.45, 2.75) is 80.1 Å². The van der Waals surface area contributed by atoms with Gasteiger partial charge in [-0.05, 0) is 12.8 Å². The first-order chi connectivity index (χ1) is 9.01. The van der Waals surface area contributed by atoms with E-state index in [1.165, 1.54) is 0 Å². The maximum absolute atomic E-state index is 10.4. The van der Waals surface area contributed by atoms with Gasteiger partial charge in [0.2, 0.25) is 0 Å². The third-order valence-corrected chi connectivity index (χ3v) is 3.42. The molecular formula is C16H30CoO4. The Balaban J connectivity index is -0.000000295. The van der Waals surface area contributed by atoms with Crippen LogP contribution < -0.4 is 10.2 Å². The van der Waals surface area contributed by atoms with E-state index in [0.717, 1.165) is 25.7 Å². The molecule has 0 aromatic rings. The standard InChI is InChI=1S/2C8H16O2.Co/c2*1-4-5-6-8(2,3)7(9)10;/h2*4-6H2,1-3H3,(H,9,10);/q;;+2/p-2. The molecule has 21 heavy (non-hydrogen) atoms. The van der Waals surface area contributed by atoms with Crippen LogP contribution in [0.1, 0.15) is 80.1 Å². The van der Waals surface area contributed by atoms with E-state index >= 15 is 0 Å². The fourth-order valence-corrected chi connectivity index (χ4v) is 1.44. The predicted octanol–water partition coefficient (Wildman–Crippen LogP) is 1.90. The van der Waals surface area contributed by atoms with Crippen molar-refractivity contribution in [2.75, 3.05) is 0 Å². The van der Waals surface area contributed by atoms with Crippen LogP contribution in [0.3, 0.4) is 0 Å². The van der Waals surface area contributed by atoms with Gasteiger partial charge in [0.05, 0.1) is 0 Å². The Morgan fingerprint density at radius 1 is 0.762 bits per heavy atom. The van der Waals surface area contributed by atoms with E-state index in [2.05, 4.69) is 0 Å². The summed E-state index contributed by atoms with van der Waals surface area (Å²) in [6, 6.07) is 0. The molecule has 0 saturated heterocycles. The summed E-state index contributed by atoms with van der Waals surface area (Å²) in [7, 11) is 0. The molecule has 1 radical (unpaired) electrons. The van der Waals surface area contributed by atoms with Crippen molar-refractivity contribution in [3.05, 3.63) is 0 Å². The van der Waals surface area contributed by atoms with Gasteiger partial charge in [-0.2, -0.15) is 0 Å². The molecule has 0 saturated carbocycles. The third-order valence-electron chi connectivity index (χ3n) is 3.42. The van der Waals surface area contributed by atoms with Gasteiger partial charge in [-0.1, -0.05) is 67.2 Å². The number of carbonyl (C=O) groups excluding carboxylic acids is 2. The molecule has 0 spiro atoms. The minimum atomic E-state index is -0.944. The van der Waals surface area contributed by atoms with Crippen LogP contribution in [0.25, 0.3) is 0 Å². The van der Waals surface area contributed by atoms with Crippen LogP contribution in [0.15, 0.2) is 0 Å². The number of carboxylic acid groups (broad SMARTS) is 2. The molecule has 0 heterocycles. The summed E-state index contributed by atoms with van der Waals surface area (Å²) in [5, 5.41) is 20.8. The Kier molecular flexibility index (Phi) is 14.6. The Morgan fingerprint density at radius 3 is 1.14 bits per heavy atom. The van der Waals surface area contributed by atoms with Crippen molar-refractivity contribution >= 4 is 11.9 Å². The predicted molar refractivity (Wildman–Crippen MR) is 76.6 cm³/mol. The summed E-state index contributed by atoms with van der Waals surface area (Å²) < 4.78 is 0. The van der Waals surface area contributed by atoms with Crippen LogP contribution in [-0.4, -0.2) is 11.9 Å². The number of aliphatic carboxylic acids is 2. The van der Waals surface area contributed by atoms with Crippen molar-refractivity contribution in [1.82, 2.24) is 0 Å².